The van der Waals surface area contributed by atoms with Crippen LogP contribution in [0.15, 0.2) is 23.1 Å². The van der Waals surface area contributed by atoms with E-state index < -0.39 is 32.5 Å². The third kappa shape index (κ3) is 13.4. The molecule has 0 N–H and O–H groups in total. The van der Waals surface area contributed by atoms with Crippen LogP contribution in [0.3, 0.4) is 0 Å². The van der Waals surface area contributed by atoms with Gasteiger partial charge in [0.15, 0.2) is 0 Å². The van der Waals surface area contributed by atoms with Gasteiger partial charge in [0.05, 0.1) is 29.2 Å². The zero-order valence-corrected chi connectivity index (χ0v) is 24.3. The summed E-state index contributed by atoms with van der Waals surface area (Å²) in [6, 6.07) is 3.53. The number of carbonyl (C=O) groups excluding carboxylic acids is 2. The molecule has 1 rings (SSSR count). The van der Waals surface area contributed by atoms with Gasteiger partial charge in [0, 0.05) is 0 Å². The van der Waals surface area contributed by atoms with Crippen molar-refractivity contribution >= 4 is 22.1 Å². The van der Waals surface area contributed by atoms with Crippen LogP contribution >= 0.6 is 0 Å². The van der Waals surface area contributed by atoms with Crippen LogP contribution in [-0.2, 0) is 19.6 Å². The van der Waals surface area contributed by atoms with Gasteiger partial charge in [0.25, 0.3) is 0 Å². The summed E-state index contributed by atoms with van der Waals surface area (Å²) < 4.78 is 45.5. The molecule has 0 spiro atoms. The fraction of sp³-hybridized carbons (Fsp3) is 0.667. The molecule has 182 valence electrons. The monoisotopic (exact) mass is 508 g/mol. The molecule has 7 nitrogen and oxygen atoms in total. The van der Waals surface area contributed by atoms with Crippen molar-refractivity contribution in [3.63, 3.8) is 0 Å². The number of ether oxygens (including phenoxy) is 2. The number of carbonyl (C=O) groups is 2. The molecule has 0 saturated heterocycles. The van der Waals surface area contributed by atoms with Crippen LogP contribution in [0.1, 0.15) is 112 Å². The minimum Gasteiger partial charge on any atom is -0.744 e. The van der Waals surface area contributed by atoms with E-state index >= 15 is 0 Å². The summed E-state index contributed by atoms with van der Waals surface area (Å²) in [5.41, 5.74) is -0.803. The average molecular weight is 509 g/mol. The van der Waals surface area contributed by atoms with Crippen molar-refractivity contribution in [1.82, 2.24) is 0 Å². The van der Waals surface area contributed by atoms with Gasteiger partial charge < -0.3 is 14.0 Å². The summed E-state index contributed by atoms with van der Waals surface area (Å²) in [6.45, 7) is 4.50. The summed E-state index contributed by atoms with van der Waals surface area (Å²) in [7, 11) is -4.98. The van der Waals surface area contributed by atoms with Crippen LogP contribution in [0.4, 0.5) is 0 Å². The molecular weight excluding hydrogens is 471 g/mol. The molecular formula is C24H37KO7S. The molecule has 1 aromatic rings. The molecule has 0 atom stereocenters. The normalized spacial score (nSPS) is 11.0. The van der Waals surface area contributed by atoms with Gasteiger partial charge in [-0.1, -0.05) is 84.1 Å². The molecule has 0 saturated carbocycles. The zero-order chi connectivity index (χ0) is 23.8. The number of rotatable bonds is 17. The predicted molar refractivity (Wildman–Crippen MR) is 122 cm³/mol. The van der Waals surface area contributed by atoms with Gasteiger partial charge in [-0.2, -0.15) is 0 Å². The molecule has 0 aliphatic rings. The molecule has 0 fully saturated rings. The van der Waals surface area contributed by atoms with E-state index in [9.17, 15) is 22.6 Å². The SMILES string of the molecule is CCCCCCCCOC(=O)c1cccc(S(=O)(=O)[O-])c1C(=O)OCCCCCCCC.[K+]. The van der Waals surface area contributed by atoms with Gasteiger partial charge in [-0.05, 0) is 25.0 Å². The first kappa shape index (κ1) is 32.7. The Labute approximate surface area is 241 Å². The van der Waals surface area contributed by atoms with Crippen LogP contribution in [-0.4, -0.2) is 38.1 Å². The van der Waals surface area contributed by atoms with E-state index in [2.05, 4.69) is 13.8 Å². The summed E-state index contributed by atoms with van der Waals surface area (Å²) in [5.74, 6) is -1.84. The van der Waals surface area contributed by atoms with Gasteiger partial charge in [0.1, 0.15) is 10.1 Å². The molecule has 33 heavy (non-hydrogen) atoms. The van der Waals surface area contributed by atoms with E-state index in [4.69, 9.17) is 9.47 Å². The second-order valence-electron chi connectivity index (χ2n) is 7.94. The van der Waals surface area contributed by atoms with E-state index in [-0.39, 0.29) is 70.2 Å². The van der Waals surface area contributed by atoms with E-state index in [1.807, 2.05) is 0 Å². The number of esters is 2. The third-order valence-corrected chi connectivity index (χ3v) is 6.06. The fourth-order valence-electron chi connectivity index (χ4n) is 3.36. The molecule has 9 heteroatoms. The molecule has 0 heterocycles. The van der Waals surface area contributed by atoms with E-state index in [0.717, 1.165) is 63.9 Å². The minimum atomic E-state index is -4.98. The van der Waals surface area contributed by atoms with Crippen LogP contribution in [0.5, 0.6) is 0 Å². The number of hydrogen-bond acceptors (Lipinski definition) is 7. The zero-order valence-electron chi connectivity index (χ0n) is 20.4. The van der Waals surface area contributed by atoms with Crippen molar-refractivity contribution in [2.24, 2.45) is 0 Å². The molecule has 0 aliphatic carbocycles. The Morgan fingerprint density at radius 2 is 1.21 bits per heavy atom. The van der Waals surface area contributed by atoms with Crippen molar-refractivity contribution in [2.75, 3.05) is 13.2 Å². The molecule has 0 bridgehead atoms. The summed E-state index contributed by atoms with van der Waals surface area (Å²) in [4.78, 5) is 24.4. The summed E-state index contributed by atoms with van der Waals surface area (Å²) in [5, 5.41) is 0. The van der Waals surface area contributed by atoms with Gasteiger partial charge in [0.2, 0.25) is 0 Å². The molecule has 0 amide bonds. The maximum Gasteiger partial charge on any atom is 1.00 e. The van der Waals surface area contributed by atoms with E-state index in [1.165, 1.54) is 18.6 Å². The Bertz CT molecular complexity index is 809. The smallest absolute Gasteiger partial charge is 0.744 e. The second kappa shape index (κ2) is 19.0. The van der Waals surface area contributed by atoms with Crippen molar-refractivity contribution in [3.05, 3.63) is 29.3 Å². The third-order valence-electron chi connectivity index (χ3n) is 5.18. The molecule has 0 aliphatic heterocycles. The largest absolute Gasteiger partial charge is 1.00 e. The summed E-state index contributed by atoms with van der Waals surface area (Å²) >= 11 is 0. The minimum absolute atomic E-state index is 0. The van der Waals surface area contributed by atoms with Crippen molar-refractivity contribution in [2.45, 2.75) is 95.8 Å². The first-order valence-corrected chi connectivity index (χ1v) is 13.2. The first-order chi connectivity index (χ1) is 15.3. The number of unbranched alkanes of at least 4 members (excludes halogenated alkanes) is 10. The first-order valence-electron chi connectivity index (χ1n) is 11.8. The standard InChI is InChI=1S/C24H38O7S.K/c1-3-5-7-9-11-13-18-30-23(25)20-16-15-17-21(32(27,28)29)22(20)24(26)31-19-14-12-10-8-6-4-2;/h15-17H,3-14,18-19H2,1-2H3,(H,27,28,29);/q;+1/p-1. The van der Waals surface area contributed by atoms with E-state index in [0.29, 0.717) is 12.8 Å². The quantitative estimate of drug-likeness (QED) is 0.138. The Morgan fingerprint density at radius 3 is 1.70 bits per heavy atom. The van der Waals surface area contributed by atoms with Crippen LogP contribution in [0.2, 0.25) is 0 Å². The molecule has 0 unspecified atom stereocenters. The Kier molecular flexibility index (Phi) is 18.8. The Morgan fingerprint density at radius 1 is 0.758 bits per heavy atom. The second-order valence-corrected chi connectivity index (χ2v) is 9.29. The Hall–Kier alpha value is -0.294. The predicted octanol–water partition coefficient (Wildman–Crippen LogP) is 2.63. The summed E-state index contributed by atoms with van der Waals surface area (Å²) in [6.07, 6.45) is 12.0. The van der Waals surface area contributed by atoms with Crippen LogP contribution in [0.25, 0.3) is 0 Å². The Balaban J connectivity index is 0.0000102. The molecule has 0 radical (unpaired) electrons. The van der Waals surface area contributed by atoms with Gasteiger partial charge in [-0.3, -0.25) is 0 Å². The molecule has 0 aromatic heterocycles. The van der Waals surface area contributed by atoms with Crippen LogP contribution < -0.4 is 51.4 Å². The maximum atomic E-state index is 12.6. The van der Waals surface area contributed by atoms with Gasteiger partial charge in [-0.15, -0.1) is 0 Å². The maximum absolute atomic E-state index is 12.6. The van der Waals surface area contributed by atoms with Crippen molar-refractivity contribution in [3.8, 4) is 0 Å². The van der Waals surface area contributed by atoms with Crippen LogP contribution in [0, 0.1) is 0 Å². The average Bonchev–Trinajstić information content (AvgIpc) is 2.76. The van der Waals surface area contributed by atoms with Crippen molar-refractivity contribution in [1.29, 1.82) is 0 Å². The van der Waals surface area contributed by atoms with Gasteiger partial charge in [-0.25, -0.2) is 18.0 Å². The number of hydrogen-bond donors (Lipinski definition) is 0. The van der Waals surface area contributed by atoms with Crippen molar-refractivity contribution < 1.29 is 83.4 Å². The van der Waals surface area contributed by atoms with E-state index in [1.54, 1.807) is 0 Å². The molecule has 1 aromatic carbocycles. The fourth-order valence-corrected chi connectivity index (χ4v) is 4.05. The topological polar surface area (TPSA) is 110 Å². The number of benzene rings is 1. The van der Waals surface area contributed by atoms with Gasteiger partial charge >= 0.3 is 63.3 Å².